The minimum absolute atomic E-state index is 0.581. The third kappa shape index (κ3) is 2.49. The van der Waals surface area contributed by atoms with E-state index in [1.54, 1.807) is 0 Å². The average molecular weight is 288 g/mol. The molecule has 0 bridgehead atoms. The lowest BCUT2D eigenvalue weighted by Crippen LogP contribution is -1.94. The van der Waals surface area contributed by atoms with Gasteiger partial charge in [-0.3, -0.25) is 0 Å². The van der Waals surface area contributed by atoms with Crippen molar-refractivity contribution in [1.82, 2.24) is 9.97 Å². The number of aromatic amines is 2. The Morgan fingerprint density at radius 2 is 1.82 bits per heavy atom. The van der Waals surface area contributed by atoms with Crippen LogP contribution in [0.25, 0.3) is 22.2 Å². The molecule has 0 atom stereocenters. The van der Waals surface area contributed by atoms with E-state index in [9.17, 15) is 0 Å². The van der Waals surface area contributed by atoms with E-state index in [1.807, 2.05) is 36.7 Å². The van der Waals surface area contributed by atoms with Gasteiger partial charge in [0, 0.05) is 40.6 Å². The van der Waals surface area contributed by atoms with Crippen molar-refractivity contribution in [3.63, 3.8) is 0 Å². The van der Waals surface area contributed by atoms with E-state index >= 15 is 0 Å². The molecule has 0 spiro atoms. The summed E-state index contributed by atoms with van der Waals surface area (Å²) in [5.74, 6) is 0.874. The summed E-state index contributed by atoms with van der Waals surface area (Å²) < 4.78 is 5.87. The molecular weight excluding hydrogens is 272 g/mol. The van der Waals surface area contributed by atoms with E-state index in [-0.39, 0.29) is 0 Å². The van der Waals surface area contributed by atoms with Crippen molar-refractivity contribution >= 4 is 10.9 Å². The molecule has 0 fully saturated rings. The third-order valence-electron chi connectivity index (χ3n) is 3.75. The highest BCUT2D eigenvalue weighted by Gasteiger charge is 2.05. The Kier molecular flexibility index (Phi) is 3.16. The summed E-state index contributed by atoms with van der Waals surface area (Å²) in [5.41, 5.74) is 4.52. The second-order valence-corrected chi connectivity index (χ2v) is 5.31. The lowest BCUT2D eigenvalue weighted by Gasteiger charge is -2.06. The largest absolute Gasteiger partial charge is 0.489 e. The van der Waals surface area contributed by atoms with Gasteiger partial charge in [0.05, 0.1) is 0 Å². The molecule has 0 amide bonds. The van der Waals surface area contributed by atoms with E-state index in [0.717, 1.165) is 22.5 Å². The van der Waals surface area contributed by atoms with E-state index in [1.165, 1.54) is 10.9 Å². The first-order valence-electron chi connectivity index (χ1n) is 7.31. The molecule has 0 saturated heterocycles. The molecule has 22 heavy (non-hydrogen) atoms. The number of nitrogens with one attached hydrogen (secondary N) is 2. The molecule has 2 aromatic carbocycles. The molecule has 0 radical (unpaired) electrons. The van der Waals surface area contributed by atoms with Gasteiger partial charge in [0.15, 0.2) is 0 Å². The van der Waals surface area contributed by atoms with Gasteiger partial charge in [-0.05, 0) is 29.8 Å². The lowest BCUT2D eigenvalue weighted by molar-refractivity contribution is 0.306. The van der Waals surface area contributed by atoms with Gasteiger partial charge in [-0.15, -0.1) is 0 Å². The zero-order chi connectivity index (χ0) is 14.8. The van der Waals surface area contributed by atoms with Crippen LogP contribution in [0, 0.1) is 0 Å². The normalized spacial score (nSPS) is 10.9. The lowest BCUT2D eigenvalue weighted by atomic mass is 10.2. The summed E-state index contributed by atoms with van der Waals surface area (Å²) >= 11 is 0. The molecule has 0 aliphatic heterocycles. The molecule has 0 saturated carbocycles. The molecule has 0 aliphatic carbocycles. The summed E-state index contributed by atoms with van der Waals surface area (Å²) in [6, 6.07) is 20.5. The first-order valence-corrected chi connectivity index (χ1v) is 7.31. The summed E-state index contributed by atoms with van der Waals surface area (Å²) in [4.78, 5) is 6.51. The first kappa shape index (κ1) is 12.8. The summed E-state index contributed by atoms with van der Waals surface area (Å²) in [6.07, 6.45) is 3.91. The molecule has 2 heterocycles. The van der Waals surface area contributed by atoms with Crippen LogP contribution in [-0.4, -0.2) is 9.97 Å². The predicted octanol–water partition coefficient (Wildman–Crippen LogP) is 4.74. The van der Waals surface area contributed by atoms with Crippen molar-refractivity contribution in [3.8, 4) is 17.0 Å². The minimum atomic E-state index is 0.581. The van der Waals surface area contributed by atoms with Gasteiger partial charge in [0.1, 0.15) is 12.4 Å². The van der Waals surface area contributed by atoms with Gasteiger partial charge < -0.3 is 14.7 Å². The Labute approximate surface area is 128 Å². The number of benzene rings is 2. The number of ether oxygens (including phenoxy) is 1. The van der Waals surface area contributed by atoms with Crippen LogP contribution < -0.4 is 4.74 Å². The van der Waals surface area contributed by atoms with Crippen LogP contribution in [0.1, 0.15) is 5.56 Å². The second kappa shape index (κ2) is 5.45. The van der Waals surface area contributed by atoms with Gasteiger partial charge >= 0.3 is 0 Å². The number of hydrogen-bond donors (Lipinski definition) is 2. The molecule has 0 aliphatic rings. The van der Waals surface area contributed by atoms with Crippen molar-refractivity contribution in [2.24, 2.45) is 0 Å². The molecule has 3 heteroatoms. The Hall–Kier alpha value is -2.94. The third-order valence-corrected chi connectivity index (χ3v) is 3.75. The van der Waals surface area contributed by atoms with Gasteiger partial charge in [-0.25, -0.2) is 0 Å². The predicted molar refractivity (Wildman–Crippen MR) is 88.9 cm³/mol. The van der Waals surface area contributed by atoms with Crippen molar-refractivity contribution in [2.45, 2.75) is 6.61 Å². The van der Waals surface area contributed by atoms with E-state index in [0.29, 0.717) is 6.61 Å². The zero-order valence-corrected chi connectivity index (χ0v) is 12.0. The van der Waals surface area contributed by atoms with Crippen LogP contribution >= 0.6 is 0 Å². The summed E-state index contributed by atoms with van der Waals surface area (Å²) in [7, 11) is 0. The molecule has 108 valence electrons. The topological polar surface area (TPSA) is 40.8 Å². The molecule has 0 unspecified atom stereocenters. The quantitative estimate of drug-likeness (QED) is 0.559. The van der Waals surface area contributed by atoms with Gasteiger partial charge in [0.25, 0.3) is 0 Å². The van der Waals surface area contributed by atoms with Crippen molar-refractivity contribution in [1.29, 1.82) is 0 Å². The molecule has 4 aromatic rings. The van der Waals surface area contributed by atoms with Gasteiger partial charge in [-0.2, -0.15) is 0 Å². The van der Waals surface area contributed by atoms with Crippen LogP contribution in [-0.2, 0) is 6.61 Å². The van der Waals surface area contributed by atoms with Crippen LogP contribution in [0.15, 0.2) is 73.1 Å². The molecular formula is C19H16N2O. The minimum Gasteiger partial charge on any atom is -0.489 e. The van der Waals surface area contributed by atoms with Crippen molar-refractivity contribution in [2.75, 3.05) is 0 Å². The molecule has 2 aromatic heterocycles. The fourth-order valence-electron chi connectivity index (χ4n) is 2.58. The van der Waals surface area contributed by atoms with Gasteiger partial charge in [-0.1, -0.05) is 30.3 Å². The number of fused-ring (bicyclic) bond motifs is 1. The fraction of sp³-hybridized carbons (Fsp3) is 0.0526. The number of rotatable bonds is 4. The Balaban J connectivity index is 1.58. The highest BCUT2D eigenvalue weighted by Crippen LogP contribution is 2.27. The molecule has 4 rings (SSSR count). The standard InChI is InChI=1S/C19H16N2O/c1-2-4-14(5-3-1)13-22-17-7-6-15-10-18(21-19(15)11-17)16-8-9-20-12-16/h1-12,20-21H,13H2. The Bertz CT molecular complexity index is 876. The highest BCUT2D eigenvalue weighted by molar-refractivity contribution is 5.86. The maximum absolute atomic E-state index is 5.87. The SMILES string of the molecule is c1ccc(COc2ccc3cc(-c4cc[nH]c4)[nH]c3c2)cc1. The fourth-order valence-corrected chi connectivity index (χ4v) is 2.58. The zero-order valence-electron chi connectivity index (χ0n) is 12.0. The van der Waals surface area contributed by atoms with E-state index in [4.69, 9.17) is 4.74 Å². The van der Waals surface area contributed by atoms with E-state index < -0.39 is 0 Å². The summed E-state index contributed by atoms with van der Waals surface area (Å²) in [5, 5.41) is 1.18. The maximum Gasteiger partial charge on any atom is 0.121 e. The number of aromatic nitrogens is 2. The monoisotopic (exact) mass is 288 g/mol. The maximum atomic E-state index is 5.87. The van der Waals surface area contributed by atoms with Crippen molar-refractivity contribution in [3.05, 3.63) is 78.6 Å². The average Bonchev–Trinajstić information content (AvgIpc) is 3.22. The van der Waals surface area contributed by atoms with Crippen LogP contribution in [0.5, 0.6) is 5.75 Å². The summed E-state index contributed by atoms with van der Waals surface area (Å²) in [6.45, 7) is 0.581. The smallest absolute Gasteiger partial charge is 0.121 e. The second-order valence-electron chi connectivity index (χ2n) is 5.31. The Morgan fingerprint density at radius 1 is 0.909 bits per heavy atom. The van der Waals surface area contributed by atoms with Crippen LogP contribution in [0.3, 0.4) is 0 Å². The van der Waals surface area contributed by atoms with Crippen molar-refractivity contribution < 1.29 is 4.74 Å². The van der Waals surface area contributed by atoms with E-state index in [2.05, 4.69) is 46.4 Å². The highest BCUT2D eigenvalue weighted by atomic mass is 16.5. The number of hydrogen-bond acceptors (Lipinski definition) is 1. The van der Waals surface area contributed by atoms with Gasteiger partial charge in [0.2, 0.25) is 0 Å². The first-order chi connectivity index (χ1) is 10.9. The molecule has 3 nitrogen and oxygen atoms in total. The number of H-pyrrole nitrogens is 2. The molecule has 2 N–H and O–H groups in total. The van der Waals surface area contributed by atoms with Crippen LogP contribution in [0.2, 0.25) is 0 Å². The van der Waals surface area contributed by atoms with Crippen LogP contribution in [0.4, 0.5) is 0 Å². The Morgan fingerprint density at radius 3 is 2.64 bits per heavy atom.